The van der Waals surface area contributed by atoms with Gasteiger partial charge in [0.05, 0.1) is 13.0 Å². The van der Waals surface area contributed by atoms with E-state index in [-0.39, 0.29) is 11.6 Å². The highest BCUT2D eigenvalue weighted by molar-refractivity contribution is 5.69. The van der Waals surface area contributed by atoms with E-state index < -0.39 is 0 Å². The maximum atomic E-state index is 12.8. The van der Waals surface area contributed by atoms with Gasteiger partial charge in [-0.1, -0.05) is 119 Å². The summed E-state index contributed by atoms with van der Waals surface area (Å²) in [6.07, 6.45) is 25.4. The van der Waals surface area contributed by atoms with Gasteiger partial charge >= 0.3 is 5.97 Å². The number of hydrogen-bond acceptors (Lipinski definition) is 4. The quantitative estimate of drug-likeness (QED) is 0.0749. The molecule has 4 nitrogen and oxygen atoms in total. The number of esters is 1. The predicted octanol–water partition coefficient (Wildman–Crippen LogP) is 14.3. The zero-order chi connectivity index (χ0) is 37.4. The van der Waals surface area contributed by atoms with Crippen molar-refractivity contribution < 1.29 is 19.0 Å². The highest BCUT2D eigenvalue weighted by Crippen LogP contribution is 2.46. The molecule has 1 aromatic carbocycles. The number of ether oxygens (including phenoxy) is 3. The minimum atomic E-state index is -0.115. The zero-order valence-corrected chi connectivity index (χ0v) is 35.2. The second-order valence-electron chi connectivity index (χ2n) is 17.7. The third-order valence-corrected chi connectivity index (χ3v) is 12.4. The fourth-order valence-electron chi connectivity index (χ4n) is 8.43. The monoisotopic (exact) mass is 709 g/mol. The molecule has 1 aliphatic heterocycles. The molecule has 51 heavy (non-hydrogen) atoms. The summed E-state index contributed by atoms with van der Waals surface area (Å²) in [5.41, 5.74) is 6.13. The lowest BCUT2D eigenvalue weighted by molar-refractivity contribution is -0.144. The van der Waals surface area contributed by atoms with Gasteiger partial charge in [0.1, 0.15) is 22.9 Å². The lowest BCUT2D eigenvalue weighted by atomic mass is 9.83. The summed E-state index contributed by atoms with van der Waals surface area (Å²) >= 11 is 0. The summed E-state index contributed by atoms with van der Waals surface area (Å²) in [5.74, 6) is 6.11. The Morgan fingerprint density at radius 2 is 1.41 bits per heavy atom. The van der Waals surface area contributed by atoms with Crippen LogP contribution in [-0.4, -0.2) is 18.2 Å². The fraction of sp³-hybridized carbons (Fsp3) is 0.809. The molecule has 0 bridgehead atoms. The van der Waals surface area contributed by atoms with Crippen LogP contribution in [0.25, 0.3) is 0 Å². The van der Waals surface area contributed by atoms with E-state index in [1.54, 1.807) is 0 Å². The molecule has 1 heterocycles. The first-order valence-corrected chi connectivity index (χ1v) is 21.7. The van der Waals surface area contributed by atoms with E-state index in [1.165, 1.54) is 112 Å². The van der Waals surface area contributed by atoms with Gasteiger partial charge in [-0.2, -0.15) is 0 Å². The Morgan fingerprint density at radius 3 is 2.02 bits per heavy atom. The number of hydrogen-bond donors (Lipinski definition) is 0. The molecule has 0 amide bonds. The second-order valence-corrected chi connectivity index (χ2v) is 17.7. The van der Waals surface area contributed by atoms with Crippen molar-refractivity contribution >= 4 is 5.97 Å². The van der Waals surface area contributed by atoms with Crippen molar-refractivity contribution in [3.8, 4) is 11.5 Å². The number of benzene rings is 1. The third kappa shape index (κ3) is 14.4. The van der Waals surface area contributed by atoms with Crippen LogP contribution < -0.4 is 9.47 Å². The molecule has 4 heteroatoms. The van der Waals surface area contributed by atoms with E-state index in [0.29, 0.717) is 25.4 Å². The van der Waals surface area contributed by atoms with Gasteiger partial charge in [-0.15, -0.1) is 0 Å². The zero-order valence-electron chi connectivity index (χ0n) is 35.2. The van der Waals surface area contributed by atoms with E-state index in [0.717, 1.165) is 79.1 Å². The molecule has 0 aromatic heterocycles. The van der Waals surface area contributed by atoms with Gasteiger partial charge in [-0.3, -0.25) is 4.79 Å². The van der Waals surface area contributed by atoms with Crippen molar-refractivity contribution in [2.45, 2.75) is 216 Å². The molecular formula is C47H80O4. The molecule has 0 N–H and O–H groups in total. The minimum Gasteiger partial charge on any atom is -0.487 e. The van der Waals surface area contributed by atoms with Crippen LogP contribution in [0.5, 0.6) is 11.5 Å². The molecule has 0 radical (unpaired) electrons. The first kappa shape index (κ1) is 43.4. The summed E-state index contributed by atoms with van der Waals surface area (Å²) in [6, 6.07) is 0. The fourth-order valence-corrected chi connectivity index (χ4v) is 8.43. The van der Waals surface area contributed by atoms with Crippen molar-refractivity contribution in [1.29, 1.82) is 0 Å². The van der Waals surface area contributed by atoms with Crippen LogP contribution in [0.3, 0.4) is 0 Å². The van der Waals surface area contributed by atoms with Crippen LogP contribution in [0.2, 0.25) is 0 Å². The smallest absolute Gasteiger partial charge is 0.306 e. The summed E-state index contributed by atoms with van der Waals surface area (Å²) in [5, 5.41) is 0. The molecule has 1 aromatic rings. The molecule has 4 atom stereocenters. The van der Waals surface area contributed by atoms with Gasteiger partial charge in [0.25, 0.3) is 0 Å². The molecule has 4 unspecified atom stereocenters. The van der Waals surface area contributed by atoms with Crippen molar-refractivity contribution in [3.63, 3.8) is 0 Å². The van der Waals surface area contributed by atoms with E-state index in [2.05, 4.69) is 69.2 Å². The van der Waals surface area contributed by atoms with Gasteiger partial charge in [0.15, 0.2) is 0 Å². The molecule has 2 aliphatic rings. The second kappa shape index (κ2) is 22.3. The summed E-state index contributed by atoms with van der Waals surface area (Å²) in [7, 11) is 0. The Labute approximate surface area is 315 Å². The Morgan fingerprint density at radius 1 is 0.745 bits per heavy atom. The first-order valence-electron chi connectivity index (χ1n) is 21.7. The summed E-state index contributed by atoms with van der Waals surface area (Å²) < 4.78 is 19.5. The van der Waals surface area contributed by atoms with Gasteiger partial charge < -0.3 is 14.2 Å². The van der Waals surface area contributed by atoms with Gasteiger partial charge in [0, 0.05) is 12.0 Å². The Hall–Kier alpha value is -1.97. The van der Waals surface area contributed by atoms with Crippen molar-refractivity contribution in [2.75, 3.05) is 6.61 Å². The summed E-state index contributed by atoms with van der Waals surface area (Å²) in [4.78, 5) is 12.8. The van der Waals surface area contributed by atoms with Crippen LogP contribution in [0, 0.1) is 44.4 Å². The van der Waals surface area contributed by atoms with Crippen molar-refractivity contribution in [1.82, 2.24) is 0 Å². The van der Waals surface area contributed by atoms with Crippen LogP contribution in [0.15, 0.2) is 11.3 Å². The average molecular weight is 709 g/mol. The number of unbranched alkanes of at least 4 members (excludes halogenated alkanes) is 1. The predicted molar refractivity (Wildman–Crippen MR) is 217 cm³/mol. The molecule has 292 valence electrons. The Bertz CT molecular complexity index is 1220. The van der Waals surface area contributed by atoms with E-state index >= 15 is 0 Å². The molecule has 1 fully saturated rings. The molecular weight excluding hydrogens is 629 g/mol. The highest BCUT2D eigenvalue weighted by Gasteiger charge is 2.35. The normalized spacial score (nSPS) is 18.8. The van der Waals surface area contributed by atoms with Gasteiger partial charge in [-0.25, -0.2) is 0 Å². The Kier molecular flexibility index (Phi) is 19.0. The summed E-state index contributed by atoms with van der Waals surface area (Å²) in [6.45, 7) is 23.6. The number of allylic oxidation sites excluding steroid dienone is 2. The third-order valence-electron chi connectivity index (χ3n) is 12.4. The van der Waals surface area contributed by atoms with Gasteiger partial charge in [-0.05, 0) is 125 Å². The number of fused-ring (bicyclic) bond motifs is 1. The lowest BCUT2D eigenvalue weighted by Crippen LogP contribution is -2.37. The lowest BCUT2D eigenvalue weighted by Gasteiger charge is -2.38. The molecule has 1 aliphatic carbocycles. The number of carbonyl (C=O) groups is 1. The van der Waals surface area contributed by atoms with E-state index in [1.807, 2.05) is 0 Å². The topological polar surface area (TPSA) is 44.8 Å². The van der Waals surface area contributed by atoms with Crippen LogP contribution >= 0.6 is 0 Å². The minimum absolute atomic E-state index is 0.0963. The first-order chi connectivity index (χ1) is 24.4. The largest absolute Gasteiger partial charge is 0.487 e. The average Bonchev–Trinajstić information content (AvgIpc) is 3.05. The van der Waals surface area contributed by atoms with Crippen LogP contribution in [0.1, 0.15) is 206 Å². The highest BCUT2D eigenvalue weighted by atomic mass is 16.5. The molecule has 1 saturated carbocycles. The molecule has 0 spiro atoms. The Balaban J connectivity index is 1.53. The number of carbonyl (C=O) groups excluding carboxylic acids is 1. The van der Waals surface area contributed by atoms with Crippen molar-refractivity contribution in [2.24, 2.45) is 23.7 Å². The SMILES string of the molecule is CCCCC(CCC)CCOC(=O)CCC(Oc1c(C)c(C)c2c(c1C)CCC(C)(CCCC(C)CCCC(C)CCCC(C)C)O2)=C1CCC1. The van der Waals surface area contributed by atoms with E-state index in [4.69, 9.17) is 14.2 Å². The van der Waals surface area contributed by atoms with Crippen LogP contribution in [-0.2, 0) is 16.0 Å². The standard InChI is InChI=1S/C47H80O4/c1-11-13-24-40(18-12-2)30-33-49-44(48)28-27-43(41-25-16-26-41)50-45-37(7)38(8)46-42(39(45)9)29-32-47(10,51-46)31-17-23-36(6)22-15-21-35(5)20-14-19-34(3)4/h34-36,40H,11-33H2,1-10H3. The molecule has 3 rings (SSSR count). The maximum absolute atomic E-state index is 12.8. The van der Waals surface area contributed by atoms with Gasteiger partial charge in [0.2, 0.25) is 0 Å². The van der Waals surface area contributed by atoms with Crippen molar-refractivity contribution in [3.05, 3.63) is 33.6 Å². The van der Waals surface area contributed by atoms with Crippen LogP contribution in [0.4, 0.5) is 0 Å². The molecule has 0 saturated heterocycles. The maximum Gasteiger partial charge on any atom is 0.306 e. The van der Waals surface area contributed by atoms with E-state index in [9.17, 15) is 4.79 Å². The number of rotatable bonds is 25.